The summed E-state index contributed by atoms with van der Waals surface area (Å²) in [6.45, 7) is 3.08. The van der Waals surface area contributed by atoms with Crippen molar-refractivity contribution >= 4 is 17.5 Å². The van der Waals surface area contributed by atoms with E-state index in [0.717, 1.165) is 25.8 Å². The van der Waals surface area contributed by atoms with Gasteiger partial charge in [0, 0.05) is 24.5 Å². The van der Waals surface area contributed by atoms with Crippen LogP contribution in [0.2, 0.25) is 0 Å². The molecule has 1 aromatic heterocycles. The van der Waals surface area contributed by atoms with Gasteiger partial charge >= 0.3 is 0 Å². The highest BCUT2D eigenvalue weighted by Crippen LogP contribution is 2.23. The molecule has 0 aliphatic carbocycles. The topological polar surface area (TPSA) is 58.1 Å². The molecule has 1 amide bonds. The van der Waals surface area contributed by atoms with Crippen LogP contribution >= 0.6 is 0 Å². The number of nitrogens with zero attached hydrogens (tertiary/aromatic N) is 3. The van der Waals surface area contributed by atoms with Gasteiger partial charge in [-0.2, -0.15) is 0 Å². The third-order valence-electron chi connectivity index (χ3n) is 4.33. The second kappa shape index (κ2) is 7.38. The molecule has 1 aromatic carbocycles. The van der Waals surface area contributed by atoms with Gasteiger partial charge in [-0.3, -0.25) is 4.79 Å². The number of piperidine rings is 1. The molecular formula is C18H21FN4O. The fourth-order valence-corrected chi connectivity index (χ4v) is 3.03. The Kier molecular flexibility index (Phi) is 5.03. The highest BCUT2D eigenvalue weighted by Gasteiger charge is 2.23. The van der Waals surface area contributed by atoms with Gasteiger partial charge < -0.3 is 10.2 Å². The van der Waals surface area contributed by atoms with Crippen LogP contribution in [0.15, 0.2) is 36.5 Å². The number of amides is 1. The van der Waals surface area contributed by atoms with Crippen molar-refractivity contribution in [3.05, 3.63) is 48.0 Å². The first-order valence-electron chi connectivity index (χ1n) is 8.34. The summed E-state index contributed by atoms with van der Waals surface area (Å²) in [5.74, 6) is -0.0587. The molecule has 0 saturated carbocycles. The molecule has 6 heteroatoms. The number of rotatable bonds is 4. The molecule has 1 N–H and O–H groups in total. The summed E-state index contributed by atoms with van der Waals surface area (Å²) in [7, 11) is 0. The minimum absolute atomic E-state index is 0.310. The van der Waals surface area contributed by atoms with Crippen LogP contribution in [0.3, 0.4) is 0 Å². The number of benzene rings is 1. The average Bonchev–Trinajstić information content (AvgIpc) is 2.63. The van der Waals surface area contributed by atoms with E-state index in [4.69, 9.17) is 0 Å². The molecule has 5 nitrogen and oxygen atoms in total. The molecule has 1 saturated heterocycles. The summed E-state index contributed by atoms with van der Waals surface area (Å²) >= 11 is 0. The summed E-state index contributed by atoms with van der Waals surface area (Å²) in [5.41, 5.74) is 0.843. The monoisotopic (exact) mass is 328 g/mol. The van der Waals surface area contributed by atoms with Crippen molar-refractivity contribution in [2.75, 3.05) is 16.8 Å². The van der Waals surface area contributed by atoms with Crippen LogP contribution in [0.4, 0.5) is 16.0 Å². The van der Waals surface area contributed by atoms with Crippen molar-refractivity contribution in [3.63, 3.8) is 0 Å². The Hall–Kier alpha value is -2.50. The fourth-order valence-electron chi connectivity index (χ4n) is 3.03. The minimum atomic E-state index is -0.340. The molecule has 2 heterocycles. The molecular weight excluding hydrogens is 307 g/mol. The first-order chi connectivity index (χ1) is 11.7. The first kappa shape index (κ1) is 16.4. The average molecular weight is 328 g/mol. The Labute approximate surface area is 140 Å². The van der Waals surface area contributed by atoms with E-state index in [9.17, 15) is 9.18 Å². The summed E-state index contributed by atoms with van der Waals surface area (Å²) in [6, 6.07) is 7.67. The maximum Gasteiger partial charge on any atom is 0.274 e. The molecule has 1 fully saturated rings. The van der Waals surface area contributed by atoms with E-state index in [1.165, 1.54) is 30.7 Å². The van der Waals surface area contributed by atoms with Crippen molar-refractivity contribution in [1.82, 2.24) is 9.97 Å². The summed E-state index contributed by atoms with van der Waals surface area (Å²) in [6.07, 6.45) is 6.12. The highest BCUT2D eigenvalue weighted by atomic mass is 19.1. The Bertz CT molecular complexity index is 704. The number of hydrogen-bond donors (Lipinski definition) is 1. The van der Waals surface area contributed by atoms with Crippen LogP contribution in [0.1, 0.15) is 43.1 Å². The van der Waals surface area contributed by atoms with Gasteiger partial charge in [0.05, 0.1) is 0 Å². The summed E-state index contributed by atoms with van der Waals surface area (Å²) < 4.78 is 12.9. The zero-order chi connectivity index (χ0) is 16.9. The number of halogens is 1. The second-order valence-electron chi connectivity index (χ2n) is 5.95. The van der Waals surface area contributed by atoms with Crippen LogP contribution in [0, 0.1) is 5.82 Å². The third kappa shape index (κ3) is 3.69. The van der Waals surface area contributed by atoms with Crippen molar-refractivity contribution in [2.45, 2.75) is 38.6 Å². The largest absolute Gasteiger partial charge is 0.338 e. The lowest BCUT2D eigenvalue weighted by Crippen LogP contribution is -2.40. The van der Waals surface area contributed by atoms with Crippen molar-refractivity contribution < 1.29 is 9.18 Å². The molecule has 2 aromatic rings. The van der Waals surface area contributed by atoms with E-state index in [-0.39, 0.29) is 11.7 Å². The Morgan fingerprint density at radius 1 is 1.29 bits per heavy atom. The standard InChI is InChI=1S/C18H21FN4O/c1-2-15-5-3-4-12-23(15)18-20-11-10-16(22-18)17(24)21-14-8-6-13(19)7-9-14/h6-11,15H,2-5,12H2,1H3,(H,21,24). The van der Waals surface area contributed by atoms with Crippen LogP contribution in [0.5, 0.6) is 0 Å². The number of carbonyl (C=O) groups is 1. The van der Waals surface area contributed by atoms with Crippen LogP contribution in [0.25, 0.3) is 0 Å². The van der Waals surface area contributed by atoms with Gasteiger partial charge in [-0.25, -0.2) is 14.4 Å². The molecule has 1 aliphatic rings. The van der Waals surface area contributed by atoms with Gasteiger partial charge in [0.2, 0.25) is 5.95 Å². The van der Waals surface area contributed by atoms with Gasteiger partial charge in [0.15, 0.2) is 0 Å². The predicted octanol–water partition coefficient (Wildman–Crippen LogP) is 3.64. The number of hydrogen-bond acceptors (Lipinski definition) is 4. The smallest absolute Gasteiger partial charge is 0.274 e. The highest BCUT2D eigenvalue weighted by molar-refractivity contribution is 6.02. The number of anilines is 2. The van der Waals surface area contributed by atoms with Gasteiger partial charge in [0.1, 0.15) is 11.5 Å². The van der Waals surface area contributed by atoms with E-state index in [1.54, 1.807) is 12.3 Å². The lowest BCUT2D eigenvalue weighted by Gasteiger charge is -2.35. The Morgan fingerprint density at radius 2 is 2.08 bits per heavy atom. The second-order valence-corrected chi connectivity index (χ2v) is 5.95. The van der Waals surface area contributed by atoms with Gasteiger partial charge in [0.25, 0.3) is 5.91 Å². The molecule has 0 spiro atoms. The molecule has 24 heavy (non-hydrogen) atoms. The number of nitrogens with one attached hydrogen (secondary N) is 1. The van der Waals surface area contributed by atoms with E-state index < -0.39 is 0 Å². The molecule has 126 valence electrons. The van der Waals surface area contributed by atoms with Crippen molar-refractivity contribution in [2.24, 2.45) is 0 Å². The van der Waals surface area contributed by atoms with Crippen molar-refractivity contribution in [3.8, 4) is 0 Å². The maximum absolute atomic E-state index is 12.9. The normalized spacial score (nSPS) is 17.6. The Balaban J connectivity index is 1.76. The quantitative estimate of drug-likeness (QED) is 0.931. The lowest BCUT2D eigenvalue weighted by molar-refractivity contribution is 0.102. The minimum Gasteiger partial charge on any atom is -0.338 e. The maximum atomic E-state index is 12.9. The molecule has 0 bridgehead atoms. The van der Waals surface area contributed by atoms with Crippen molar-refractivity contribution in [1.29, 1.82) is 0 Å². The zero-order valence-corrected chi connectivity index (χ0v) is 13.7. The SMILES string of the molecule is CCC1CCCCN1c1nccc(C(=O)Nc2ccc(F)cc2)n1. The molecule has 1 atom stereocenters. The van der Waals surface area contributed by atoms with Gasteiger partial charge in [-0.05, 0) is 56.0 Å². The zero-order valence-electron chi connectivity index (χ0n) is 13.7. The first-order valence-corrected chi connectivity index (χ1v) is 8.34. The van der Waals surface area contributed by atoms with E-state index in [0.29, 0.717) is 23.4 Å². The van der Waals surface area contributed by atoms with Crippen LogP contribution in [-0.4, -0.2) is 28.5 Å². The number of aromatic nitrogens is 2. The van der Waals surface area contributed by atoms with Crippen LogP contribution < -0.4 is 10.2 Å². The lowest BCUT2D eigenvalue weighted by atomic mass is 10.0. The number of carbonyl (C=O) groups excluding carboxylic acids is 1. The van der Waals surface area contributed by atoms with Gasteiger partial charge in [-0.15, -0.1) is 0 Å². The van der Waals surface area contributed by atoms with Gasteiger partial charge in [-0.1, -0.05) is 6.92 Å². The summed E-state index contributed by atoms with van der Waals surface area (Å²) in [5, 5.41) is 2.73. The van der Waals surface area contributed by atoms with E-state index in [1.807, 2.05) is 0 Å². The summed E-state index contributed by atoms with van der Waals surface area (Å²) in [4.78, 5) is 23.3. The Morgan fingerprint density at radius 3 is 2.83 bits per heavy atom. The predicted molar refractivity (Wildman–Crippen MR) is 91.7 cm³/mol. The van der Waals surface area contributed by atoms with E-state index in [2.05, 4.69) is 27.1 Å². The molecule has 1 aliphatic heterocycles. The third-order valence-corrected chi connectivity index (χ3v) is 4.33. The molecule has 0 radical (unpaired) electrons. The molecule has 1 unspecified atom stereocenters. The van der Waals surface area contributed by atoms with E-state index >= 15 is 0 Å². The van der Waals surface area contributed by atoms with Crippen LogP contribution in [-0.2, 0) is 0 Å². The molecule has 3 rings (SSSR count). The fraction of sp³-hybridized carbons (Fsp3) is 0.389.